The molecule has 1 saturated carbocycles. The molecule has 0 radical (unpaired) electrons. The molecule has 0 aliphatic heterocycles. The first-order chi connectivity index (χ1) is 11.6. The molecule has 3 rings (SSSR count). The normalized spacial score (nSPS) is 17.6. The third kappa shape index (κ3) is 3.36. The first kappa shape index (κ1) is 16.7. The number of ether oxygens (including phenoxy) is 1. The number of carbonyl (C=O) groups excluding carboxylic acids is 1. The van der Waals surface area contributed by atoms with Crippen molar-refractivity contribution in [3.63, 3.8) is 0 Å². The van der Waals surface area contributed by atoms with E-state index in [1.807, 2.05) is 65.2 Å². The number of nitrogens with zero attached hydrogens (tertiary/aromatic N) is 2. The van der Waals surface area contributed by atoms with E-state index in [-0.39, 0.29) is 12.5 Å². The number of benzene rings is 1. The molecule has 1 heterocycles. The van der Waals surface area contributed by atoms with Crippen LogP contribution in [0.4, 0.5) is 0 Å². The summed E-state index contributed by atoms with van der Waals surface area (Å²) in [6.07, 6.45) is 9.59. The average Bonchev–Trinajstić information content (AvgIpc) is 3.27. The van der Waals surface area contributed by atoms with Crippen molar-refractivity contribution in [1.29, 1.82) is 0 Å². The summed E-state index contributed by atoms with van der Waals surface area (Å²) >= 11 is 0. The third-order valence-electron chi connectivity index (χ3n) is 4.88. The lowest BCUT2D eigenvalue weighted by molar-refractivity contribution is -0.671. The third-order valence-corrected chi connectivity index (χ3v) is 4.88. The first-order valence-electron chi connectivity index (χ1n) is 8.57. The van der Waals surface area contributed by atoms with Crippen molar-refractivity contribution >= 4 is 5.97 Å². The number of aliphatic hydroxyl groups is 1. The van der Waals surface area contributed by atoms with Gasteiger partial charge < -0.3 is 9.84 Å². The van der Waals surface area contributed by atoms with Crippen molar-refractivity contribution in [2.24, 2.45) is 13.0 Å². The van der Waals surface area contributed by atoms with Crippen LogP contribution in [0.3, 0.4) is 0 Å². The highest BCUT2D eigenvalue weighted by atomic mass is 16.5. The van der Waals surface area contributed by atoms with Gasteiger partial charge in [-0.05, 0) is 18.4 Å². The second-order valence-corrected chi connectivity index (χ2v) is 6.57. The molecule has 0 spiro atoms. The highest BCUT2D eigenvalue weighted by Gasteiger charge is 2.47. The van der Waals surface area contributed by atoms with E-state index in [9.17, 15) is 9.90 Å². The van der Waals surface area contributed by atoms with Gasteiger partial charge in [0.05, 0.1) is 7.05 Å². The maximum atomic E-state index is 12.8. The van der Waals surface area contributed by atoms with E-state index in [1.54, 1.807) is 0 Å². The number of hydrogen-bond acceptors (Lipinski definition) is 3. The van der Waals surface area contributed by atoms with Gasteiger partial charge in [0.15, 0.2) is 5.60 Å². The second kappa shape index (κ2) is 7.18. The zero-order chi connectivity index (χ0) is 17.0. The standard InChI is InChI=1S/C19H25N2O3/c1-20-11-12-21(15-20)13-14-24-18(22)19(23,17-9-5-6-10-17)16-7-3-2-4-8-16/h2-4,7-8,11-12,15,17,23H,5-6,9-10,13-14H2,1H3/q+1. The summed E-state index contributed by atoms with van der Waals surface area (Å²) in [5.74, 6) is -0.603. The van der Waals surface area contributed by atoms with Crippen molar-refractivity contribution in [1.82, 2.24) is 4.57 Å². The average molecular weight is 329 g/mol. The molecule has 5 nitrogen and oxygen atoms in total. The Morgan fingerprint density at radius 3 is 2.67 bits per heavy atom. The van der Waals surface area contributed by atoms with Gasteiger partial charge in [0.1, 0.15) is 25.5 Å². The summed E-state index contributed by atoms with van der Waals surface area (Å²) < 4.78 is 9.35. The molecule has 1 aliphatic carbocycles. The Bertz CT molecular complexity index is 677. The number of imidazole rings is 1. The molecule has 1 aromatic carbocycles. The van der Waals surface area contributed by atoms with E-state index in [0.717, 1.165) is 25.7 Å². The summed E-state index contributed by atoms with van der Waals surface area (Å²) in [6, 6.07) is 9.21. The molecule has 128 valence electrons. The molecule has 1 fully saturated rings. The summed E-state index contributed by atoms with van der Waals surface area (Å²) in [4.78, 5) is 12.8. The maximum Gasteiger partial charge on any atom is 0.343 e. The Balaban J connectivity index is 1.71. The summed E-state index contributed by atoms with van der Waals surface area (Å²) in [5.41, 5.74) is -0.909. The monoisotopic (exact) mass is 329 g/mol. The van der Waals surface area contributed by atoms with E-state index in [2.05, 4.69) is 0 Å². The van der Waals surface area contributed by atoms with Gasteiger partial charge in [-0.2, -0.15) is 0 Å². The molecule has 0 amide bonds. The Hall–Kier alpha value is -2.14. The highest BCUT2D eigenvalue weighted by molar-refractivity contribution is 5.81. The van der Waals surface area contributed by atoms with E-state index >= 15 is 0 Å². The molecule has 5 heteroatoms. The molecule has 0 saturated heterocycles. The van der Waals surface area contributed by atoms with Gasteiger partial charge in [-0.25, -0.2) is 13.9 Å². The van der Waals surface area contributed by atoms with Gasteiger partial charge >= 0.3 is 5.97 Å². The minimum Gasteiger partial charge on any atom is -0.459 e. The number of aromatic nitrogens is 2. The molecular weight excluding hydrogens is 304 g/mol. The quantitative estimate of drug-likeness (QED) is 0.651. The largest absolute Gasteiger partial charge is 0.459 e. The Morgan fingerprint density at radius 1 is 1.33 bits per heavy atom. The van der Waals surface area contributed by atoms with Crippen LogP contribution in [-0.4, -0.2) is 22.2 Å². The molecular formula is C19H25N2O3+. The van der Waals surface area contributed by atoms with Crippen LogP contribution >= 0.6 is 0 Å². The summed E-state index contributed by atoms with van der Waals surface area (Å²) in [6.45, 7) is 0.817. The van der Waals surface area contributed by atoms with E-state index in [1.165, 1.54) is 0 Å². The predicted molar refractivity (Wildman–Crippen MR) is 88.9 cm³/mol. The fourth-order valence-electron chi connectivity index (χ4n) is 3.54. The molecule has 2 aromatic rings. The summed E-state index contributed by atoms with van der Waals surface area (Å²) in [7, 11) is 1.94. The molecule has 0 bridgehead atoms. The van der Waals surface area contributed by atoms with Gasteiger partial charge in [0.25, 0.3) is 0 Å². The Labute approximate surface area is 142 Å². The molecule has 1 aromatic heterocycles. The number of hydrogen-bond donors (Lipinski definition) is 1. The lowest BCUT2D eigenvalue weighted by atomic mass is 9.80. The second-order valence-electron chi connectivity index (χ2n) is 6.57. The van der Waals surface area contributed by atoms with Crippen molar-refractivity contribution < 1.29 is 19.2 Å². The smallest absolute Gasteiger partial charge is 0.343 e. The number of esters is 1. The van der Waals surface area contributed by atoms with E-state index in [4.69, 9.17) is 4.74 Å². The summed E-state index contributed by atoms with van der Waals surface area (Å²) in [5, 5.41) is 11.3. The van der Waals surface area contributed by atoms with Crippen molar-refractivity contribution in [2.75, 3.05) is 6.61 Å². The zero-order valence-corrected chi connectivity index (χ0v) is 14.1. The Morgan fingerprint density at radius 2 is 2.04 bits per heavy atom. The number of carbonyl (C=O) groups is 1. The van der Waals surface area contributed by atoms with Gasteiger partial charge in [-0.3, -0.25) is 0 Å². The Kier molecular flexibility index (Phi) is 5.00. The zero-order valence-electron chi connectivity index (χ0n) is 14.1. The number of aryl methyl sites for hydroxylation is 1. The SMILES string of the molecule is C[n+]1ccn(CCOC(=O)C(O)(c2ccccc2)C2CCCC2)c1. The van der Waals surface area contributed by atoms with Crippen LogP contribution in [-0.2, 0) is 28.7 Å². The van der Waals surface area contributed by atoms with Crippen LogP contribution in [0.15, 0.2) is 49.1 Å². The molecule has 1 atom stereocenters. The molecule has 1 unspecified atom stereocenters. The highest BCUT2D eigenvalue weighted by Crippen LogP contribution is 2.41. The lowest BCUT2D eigenvalue weighted by Gasteiger charge is -2.32. The number of rotatable bonds is 6. The minimum atomic E-state index is -1.54. The van der Waals surface area contributed by atoms with Gasteiger partial charge in [-0.1, -0.05) is 43.2 Å². The van der Waals surface area contributed by atoms with Crippen LogP contribution in [0.1, 0.15) is 31.2 Å². The van der Waals surface area contributed by atoms with E-state index < -0.39 is 11.6 Å². The first-order valence-corrected chi connectivity index (χ1v) is 8.57. The fourth-order valence-corrected chi connectivity index (χ4v) is 3.54. The van der Waals surface area contributed by atoms with Gasteiger partial charge in [0.2, 0.25) is 6.33 Å². The van der Waals surface area contributed by atoms with Crippen molar-refractivity contribution in [3.05, 3.63) is 54.6 Å². The topological polar surface area (TPSA) is 55.3 Å². The van der Waals surface area contributed by atoms with E-state index in [0.29, 0.717) is 12.1 Å². The van der Waals surface area contributed by atoms with Crippen LogP contribution in [0.25, 0.3) is 0 Å². The van der Waals surface area contributed by atoms with Crippen LogP contribution < -0.4 is 4.57 Å². The van der Waals surface area contributed by atoms with Crippen LogP contribution in [0.2, 0.25) is 0 Å². The van der Waals surface area contributed by atoms with Crippen LogP contribution in [0, 0.1) is 5.92 Å². The van der Waals surface area contributed by atoms with Gasteiger partial charge in [-0.15, -0.1) is 0 Å². The molecule has 1 aliphatic rings. The lowest BCUT2D eigenvalue weighted by Crippen LogP contribution is -2.43. The minimum absolute atomic E-state index is 0.0724. The maximum absolute atomic E-state index is 12.8. The van der Waals surface area contributed by atoms with Crippen LogP contribution in [0.5, 0.6) is 0 Å². The molecule has 24 heavy (non-hydrogen) atoms. The molecule has 1 N–H and O–H groups in total. The van der Waals surface area contributed by atoms with Crippen molar-refractivity contribution in [2.45, 2.75) is 37.8 Å². The van der Waals surface area contributed by atoms with Crippen molar-refractivity contribution in [3.8, 4) is 0 Å². The van der Waals surface area contributed by atoms with Gasteiger partial charge in [0, 0.05) is 5.92 Å². The predicted octanol–water partition coefficient (Wildman–Crippen LogP) is 1.93. The fraction of sp³-hybridized carbons (Fsp3) is 0.474.